The number of carbonyl (C=O) groups is 1. The molecule has 0 bridgehead atoms. The van der Waals surface area contributed by atoms with E-state index in [-0.39, 0.29) is 13.0 Å². The summed E-state index contributed by atoms with van der Waals surface area (Å²) in [6.07, 6.45) is -2.34. The average molecular weight is 244 g/mol. The van der Waals surface area contributed by atoms with Crippen LogP contribution in [0.4, 0.5) is 0 Å². The van der Waals surface area contributed by atoms with Crippen molar-refractivity contribution >= 4 is 17.3 Å². The number of carbonyl (C=O) groups excluding carboxylic acids is 1. The molecule has 0 amide bonds. The highest BCUT2D eigenvalue weighted by molar-refractivity contribution is 7.10. The summed E-state index contributed by atoms with van der Waals surface area (Å²) in [5, 5.41) is 21.2. The Labute approximate surface area is 98.5 Å². The second-order valence-corrected chi connectivity index (χ2v) is 4.63. The van der Waals surface area contributed by atoms with Crippen LogP contribution in [0.1, 0.15) is 29.9 Å². The van der Waals surface area contributed by atoms with Gasteiger partial charge in [0.25, 0.3) is 0 Å². The first kappa shape index (κ1) is 13.2. The maximum atomic E-state index is 11.1. The van der Waals surface area contributed by atoms with Gasteiger partial charge in [0.15, 0.2) is 0 Å². The zero-order valence-corrected chi connectivity index (χ0v) is 10.2. The fraction of sp³-hybridized carbons (Fsp3) is 0.545. The van der Waals surface area contributed by atoms with E-state index < -0.39 is 18.2 Å². The van der Waals surface area contributed by atoms with Gasteiger partial charge in [-0.3, -0.25) is 4.79 Å². The van der Waals surface area contributed by atoms with Gasteiger partial charge in [-0.25, -0.2) is 0 Å². The van der Waals surface area contributed by atoms with E-state index in [9.17, 15) is 15.0 Å². The van der Waals surface area contributed by atoms with Crippen molar-refractivity contribution in [1.29, 1.82) is 0 Å². The molecule has 0 aliphatic heterocycles. The number of ether oxygens (including phenoxy) is 1. The summed E-state index contributed by atoms with van der Waals surface area (Å²) in [4.78, 5) is 12.2. The Bertz CT molecular complexity index is 348. The average Bonchev–Trinajstić information content (AvgIpc) is 2.64. The van der Waals surface area contributed by atoms with Gasteiger partial charge in [0.2, 0.25) is 0 Å². The number of rotatable bonds is 5. The zero-order chi connectivity index (χ0) is 12.1. The molecule has 0 aromatic carbocycles. The number of hydrogen-bond acceptors (Lipinski definition) is 5. The van der Waals surface area contributed by atoms with E-state index in [2.05, 4.69) is 0 Å². The molecule has 1 aromatic heterocycles. The van der Waals surface area contributed by atoms with Crippen molar-refractivity contribution in [3.05, 3.63) is 21.9 Å². The summed E-state index contributed by atoms with van der Waals surface area (Å²) < 4.78 is 4.70. The molecule has 0 fully saturated rings. The maximum Gasteiger partial charge on any atom is 0.308 e. The number of esters is 1. The molecule has 1 aromatic rings. The summed E-state index contributed by atoms with van der Waals surface area (Å²) in [6, 6.07) is 1.80. The summed E-state index contributed by atoms with van der Waals surface area (Å²) >= 11 is 1.49. The highest BCUT2D eigenvalue weighted by Gasteiger charge is 2.22. The van der Waals surface area contributed by atoms with Gasteiger partial charge >= 0.3 is 5.97 Å². The van der Waals surface area contributed by atoms with Crippen molar-refractivity contribution in [3.63, 3.8) is 0 Å². The number of aryl methyl sites for hydroxylation is 1. The Morgan fingerprint density at radius 1 is 1.56 bits per heavy atom. The summed E-state index contributed by atoms with van der Waals surface area (Å²) in [7, 11) is 0. The van der Waals surface area contributed by atoms with E-state index in [4.69, 9.17) is 4.74 Å². The van der Waals surface area contributed by atoms with Gasteiger partial charge in [-0.2, -0.15) is 0 Å². The highest BCUT2D eigenvalue weighted by Crippen LogP contribution is 2.24. The van der Waals surface area contributed by atoms with E-state index in [1.807, 2.05) is 6.92 Å². The highest BCUT2D eigenvalue weighted by atomic mass is 32.1. The van der Waals surface area contributed by atoms with Gasteiger partial charge in [0, 0.05) is 4.88 Å². The minimum Gasteiger partial charge on any atom is -0.466 e. The predicted octanol–water partition coefficient (Wildman–Crippen LogP) is 1.40. The molecular weight excluding hydrogens is 228 g/mol. The lowest BCUT2D eigenvalue weighted by Crippen LogP contribution is -2.22. The molecule has 0 radical (unpaired) electrons. The third-order valence-corrected chi connectivity index (χ3v) is 3.02. The number of thiophene rings is 1. The van der Waals surface area contributed by atoms with E-state index in [0.717, 1.165) is 4.88 Å². The Morgan fingerprint density at radius 2 is 2.25 bits per heavy atom. The zero-order valence-electron chi connectivity index (χ0n) is 9.34. The van der Waals surface area contributed by atoms with Crippen LogP contribution in [0.2, 0.25) is 0 Å². The lowest BCUT2D eigenvalue weighted by molar-refractivity contribution is -0.147. The summed E-state index contributed by atoms with van der Waals surface area (Å²) in [5.41, 5.74) is 0.638. The smallest absolute Gasteiger partial charge is 0.308 e. The van der Waals surface area contributed by atoms with Gasteiger partial charge < -0.3 is 14.9 Å². The molecule has 0 saturated heterocycles. The van der Waals surface area contributed by atoms with Crippen molar-refractivity contribution in [1.82, 2.24) is 0 Å². The van der Waals surface area contributed by atoms with Crippen molar-refractivity contribution in [2.24, 2.45) is 0 Å². The topological polar surface area (TPSA) is 66.8 Å². The standard InChI is InChI=1S/C11H16O4S/c1-3-15-10(13)5-9(12)11(14)8-4-7(2)16-6-8/h4,6,9,11-12,14H,3,5H2,1-2H3. The van der Waals surface area contributed by atoms with Crippen LogP contribution in [0.5, 0.6) is 0 Å². The molecule has 0 aliphatic carbocycles. The Balaban J connectivity index is 2.53. The van der Waals surface area contributed by atoms with Crippen molar-refractivity contribution < 1.29 is 19.7 Å². The molecule has 2 N–H and O–H groups in total. The van der Waals surface area contributed by atoms with E-state index in [0.29, 0.717) is 5.56 Å². The number of aliphatic hydroxyl groups is 2. The lowest BCUT2D eigenvalue weighted by Gasteiger charge is -2.15. The SMILES string of the molecule is CCOC(=O)CC(O)C(O)c1csc(C)c1. The molecule has 90 valence electrons. The van der Waals surface area contributed by atoms with Crippen LogP contribution in [-0.4, -0.2) is 28.9 Å². The molecule has 2 atom stereocenters. The molecule has 0 aliphatic rings. The molecule has 4 nitrogen and oxygen atoms in total. The molecule has 2 unspecified atom stereocenters. The minimum atomic E-state index is -1.12. The molecule has 1 rings (SSSR count). The molecule has 0 spiro atoms. The van der Waals surface area contributed by atoms with E-state index in [1.54, 1.807) is 18.4 Å². The van der Waals surface area contributed by atoms with E-state index in [1.165, 1.54) is 11.3 Å². The third kappa shape index (κ3) is 3.59. The van der Waals surface area contributed by atoms with Crippen molar-refractivity contribution in [3.8, 4) is 0 Å². The second kappa shape index (κ2) is 5.98. The van der Waals surface area contributed by atoms with Gasteiger partial charge in [0.1, 0.15) is 6.10 Å². The Hall–Kier alpha value is -0.910. The molecule has 0 saturated carbocycles. The van der Waals surface area contributed by atoms with Crippen LogP contribution in [0.15, 0.2) is 11.4 Å². The quantitative estimate of drug-likeness (QED) is 0.768. The fourth-order valence-electron chi connectivity index (χ4n) is 1.34. The third-order valence-electron chi connectivity index (χ3n) is 2.14. The first-order valence-corrected chi connectivity index (χ1v) is 5.99. The minimum absolute atomic E-state index is 0.191. The molecule has 5 heteroatoms. The van der Waals surface area contributed by atoms with Crippen LogP contribution in [0, 0.1) is 6.92 Å². The fourth-order valence-corrected chi connectivity index (χ4v) is 2.08. The largest absolute Gasteiger partial charge is 0.466 e. The van der Waals surface area contributed by atoms with Gasteiger partial charge in [-0.05, 0) is 30.9 Å². The summed E-state index contributed by atoms with van der Waals surface area (Å²) in [6.45, 7) is 3.89. The van der Waals surface area contributed by atoms with Crippen molar-refractivity contribution in [2.45, 2.75) is 32.5 Å². The lowest BCUT2D eigenvalue weighted by atomic mass is 10.1. The predicted molar refractivity (Wildman–Crippen MR) is 61.3 cm³/mol. The molecule has 16 heavy (non-hydrogen) atoms. The van der Waals surface area contributed by atoms with Crippen LogP contribution in [0.3, 0.4) is 0 Å². The van der Waals surface area contributed by atoms with Crippen molar-refractivity contribution in [2.75, 3.05) is 6.61 Å². The van der Waals surface area contributed by atoms with Crippen LogP contribution in [-0.2, 0) is 9.53 Å². The Morgan fingerprint density at radius 3 is 2.75 bits per heavy atom. The van der Waals surface area contributed by atoms with Gasteiger partial charge in [-0.15, -0.1) is 11.3 Å². The van der Waals surface area contributed by atoms with E-state index >= 15 is 0 Å². The second-order valence-electron chi connectivity index (χ2n) is 3.51. The first-order chi connectivity index (χ1) is 7.54. The Kier molecular flexibility index (Phi) is 4.92. The number of aliphatic hydroxyl groups excluding tert-OH is 2. The normalized spacial score (nSPS) is 14.5. The van der Waals surface area contributed by atoms with Crippen LogP contribution < -0.4 is 0 Å². The monoisotopic (exact) mass is 244 g/mol. The first-order valence-electron chi connectivity index (χ1n) is 5.11. The number of hydrogen-bond donors (Lipinski definition) is 2. The van der Waals surface area contributed by atoms with Crippen LogP contribution in [0.25, 0.3) is 0 Å². The summed E-state index contributed by atoms with van der Waals surface area (Å²) in [5.74, 6) is -0.499. The molecular formula is C11H16O4S. The maximum absolute atomic E-state index is 11.1. The molecule has 1 heterocycles. The van der Waals surface area contributed by atoms with Crippen LogP contribution >= 0.6 is 11.3 Å². The van der Waals surface area contributed by atoms with Gasteiger partial charge in [-0.1, -0.05) is 0 Å². The van der Waals surface area contributed by atoms with Gasteiger partial charge in [0.05, 0.1) is 19.1 Å².